The van der Waals surface area contributed by atoms with Gasteiger partial charge in [-0.25, -0.2) is 9.59 Å². The second kappa shape index (κ2) is 8.53. The van der Waals surface area contributed by atoms with Gasteiger partial charge in [-0.15, -0.1) is 0 Å². The van der Waals surface area contributed by atoms with E-state index in [-0.39, 0.29) is 18.0 Å². The number of non-ortho nitro benzene ring substituents is 1. The smallest absolute Gasteiger partial charge is 0.408 e. The van der Waals surface area contributed by atoms with Crippen LogP contribution in [-0.2, 0) is 20.9 Å². The molecule has 1 atom stereocenters. The highest BCUT2D eigenvalue weighted by atomic mass is 32.1. The molecule has 24 heavy (non-hydrogen) atoms. The van der Waals surface area contributed by atoms with E-state index in [1.807, 2.05) is 0 Å². The third-order valence-corrected chi connectivity index (χ3v) is 3.05. The van der Waals surface area contributed by atoms with Crippen molar-refractivity contribution in [2.75, 3.05) is 5.75 Å². The molecule has 0 fully saturated rings. The van der Waals surface area contributed by atoms with Gasteiger partial charge in [-0.05, 0) is 38.5 Å². The Kier molecular flexibility index (Phi) is 7.02. The molecule has 1 N–H and O–H groups in total. The number of hydrogen-bond donors (Lipinski definition) is 2. The Hall–Kier alpha value is -2.29. The van der Waals surface area contributed by atoms with Gasteiger partial charge in [0, 0.05) is 17.9 Å². The molecule has 1 amide bonds. The molecule has 1 unspecified atom stereocenters. The predicted molar refractivity (Wildman–Crippen MR) is 89.9 cm³/mol. The van der Waals surface area contributed by atoms with Crippen molar-refractivity contribution in [3.63, 3.8) is 0 Å². The molecule has 0 saturated carbocycles. The fraction of sp³-hybridized carbons (Fsp3) is 0.467. The molecule has 0 aliphatic carbocycles. The molecule has 0 aromatic heterocycles. The number of amides is 1. The molecule has 1 aromatic carbocycles. The Labute approximate surface area is 145 Å². The fourth-order valence-electron chi connectivity index (χ4n) is 1.60. The average molecular weight is 356 g/mol. The van der Waals surface area contributed by atoms with Gasteiger partial charge in [-0.3, -0.25) is 10.1 Å². The monoisotopic (exact) mass is 356 g/mol. The van der Waals surface area contributed by atoms with E-state index in [9.17, 15) is 19.7 Å². The lowest BCUT2D eigenvalue weighted by Crippen LogP contribution is -2.45. The Morgan fingerprint density at radius 3 is 2.33 bits per heavy atom. The molecule has 0 spiro atoms. The van der Waals surface area contributed by atoms with Crippen molar-refractivity contribution in [3.05, 3.63) is 39.9 Å². The van der Waals surface area contributed by atoms with Crippen LogP contribution in [0.4, 0.5) is 10.5 Å². The molecule has 9 heteroatoms. The zero-order valence-electron chi connectivity index (χ0n) is 13.6. The number of rotatable bonds is 6. The van der Waals surface area contributed by atoms with Crippen LogP contribution in [0.3, 0.4) is 0 Å². The summed E-state index contributed by atoms with van der Waals surface area (Å²) in [4.78, 5) is 33.7. The number of carbonyl (C=O) groups is 2. The summed E-state index contributed by atoms with van der Waals surface area (Å²) in [5, 5.41) is 12.9. The maximum Gasteiger partial charge on any atom is 0.408 e. The van der Waals surface area contributed by atoms with E-state index in [1.54, 1.807) is 20.8 Å². The quantitative estimate of drug-likeness (QED) is 0.351. The standard InChI is InChI=1S/C15H20N2O6S/c1-15(2,3)23-14(19)16-12(9-24)13(18)22-8-10-4-6-11(7-5-10)17(20)21/h4-7,12,24H,8-9H2,1-3H3,(H,16,19). The number of nitro groups is 1. The summed E-state index contributed by atoms with van der Waals surface area (Å²) in [7, 11) is 0. The van der Waals surface area contributed by atoms with Crippen LogP contribution in [-0.4, -0.2) is 34.4 Å². The number of benzene rings is 1. The number of carbonyl (C=O) groups excluding carboxylic acids is 2. The number of nitro benzene ring substituents is 1. The summed E-state index contributed by atoms with van der Waals surface area (Å²) >= 11 is 4.01. The number of nitrogens with zero attached hydrogens (tertiary/aromatic N) is 1. The zero-order chi connectivity index (χ0) is 18.3. The summed E-state index contributed by atoms with van der Waals surface area (Å²) < 4.78 is 10.1. The number of nitrogens with one attached hydrogen (secondary N) is 1. The topological polar surface area (TPSA) is 108 Å². The minimum atomic E-state index is -0.957. The lowest BCUT2D eigenvalue weighted by atomic mass is 10.2. The van der Waals surface area contributed by atoms with Gasteiger partial charge in [0.2, 0.25) is 0 Å². The van der Waals surface area contributed by atoms with Crippen molar-refractivity contribution in [2.24, 2.45) is 0 Å². The molecular weight excluding hydrogens is 336 g/mol. The van der Waals surface area contributed by atoms with Crippen LogP contribution in [0.15, 0.2) is 24.3 Å². The minimum absolute atomic E-state index is 0.0400. The van der Waals surface area contributed by atoms with Gasteiger partial charge >= 0.3 is 12.1 Å². The first kappa shape index (κ1) is 19.8. The van der Waals surface area contributed by atoms with E-state index in [4.69, 9.17) is 9.47 Å². The summed E-state index contributed by atoms with van der Waals surface area (Å²) in [6.45, 7) is 5.04. The number of alkyl carbamates (subject to hydrolysis) is 1. The van der Waals surface area contributed by atoms with E-state index < -0.39 is 28.6 Å². The van der Waals surface area contributed by atoms with Crippen molar-refractivity contribution in [1.82, 2.24) is 5.32 Å². The predicted octanol–water partition coefficient (Wildman–Crippen LogP) is 2.46. The maximum atomic E-state index is 12.0. The van der Waals surface area contributed by atoms with Crippen molar-refractivity contribution in [1.29, 1.82) is 0 Å². The third-order valence-electron chi connectivity index (χ3n) is 2.69. The van der Waals surface area contributed by atoms with Gasteiger partial charge in [-0.2, -0.15) is 12.6 Å². The highest BCUT2D eigenvalue weighted by Gasteiger charge is 2.24. The van der Waals surface area contributed by atoms with Crippen LogP contribution in [0.1, 0.15) is 26.3 Å². The molecule has 0 bridgehead atoms. The van der Waals surface area contributed by atoms with E-state index in [0.717, 1.165) is 0 Å². The molecule has 1 aromatic rings. The normalized spacial score (nSPS) is 12.2. The molecule has 0 saturated heterocycles. The van der Waals surface area contributed by atoms with E-state index in [2.05, 4.69) is 17.9 Å². The summed E-state index contributed by atoms with van der Waals surface area (Å²) in [6, 6.07) is 4.66. The van der Waals surface area contributed by atoms with Gasteiger partial charge < -0.3 is 14.8 Å². The second-order valence-electron chi connectivity index (χ2n) is 5.91. The molecule has 1 rings (SSSR count). The molecule has 0 radical (unpaired) electrons. The van der Waals surface area contributed by atoms with Crippen molar-refractivity contribution in [2.45, 2.75) is 39.0 Å². The first-order valence-electron chi connectivity index (χ1n) is 7.12. The number of thiol groups is 1. The van der Waals surface area contributed by atoms with Crippen LogP contribution in [0.5, 0.6) is 0 Å². The molecule has 0 heterocycles. The van der Waals surface area contributed by atoms with Crippen molar-refractivity contribution >= 4 is 30.4 Å². The Bertz CT molecular complexity index is 597. The molecular formula is C15H20N2O6S. The number of hydrogen-bond acceptors (Lipinski definition) is 7. The van der Waals surface area contributed by atoms with Crippen molar-refractivity contribution < 1.29 is 24.0 Å². The Morgan fingerprint density at radius 2 is 1.88 bits per heavy atom. The van der Waals surface area contributed by atoms with E-state index in [1.165, 1.54) is 24.3 Å². The van der Waals surface area contributed by atoms with E-state index >= 15 is 0 Å². The summed E-state index contributed by atoms with van der Waals surface area (Å²) in [6.07, 6.45) is -0.742. The van der Waals surface area contributed by atoms with Gasteiger partial charge in [0.05, 0.1) is 4.92 Å². The number of ether oxygens (including phenoxy) is 2. The second-order valence-corrected chi connectivity index (χ2v) is 6.28. The average Bonchev–Trinajstić information content (AvgIpc) is 2.48. The van der Waals surface area contributed by atoms with Crippen LogP contribution in [0.2, 0.25) is 0 Å². The Morgan fingerprint density at radius 1 is 1.29 bits per heavy atom. The molecule has 0 aliphatic rings. The van der Waals surface area contributed by atoms with Gasteiger partial charge in [0.15, 0.2) is 0 Å². The largest absolute Gasteiger partial charge is 0.459 e. The van der Waals surface area contributed by atoms with Gasteiger partial charge in [0.25, 0.3) is 5.69 Å². The van der Waals surface area contributed by atoms with Crippen LogP contribution in [0.25, 0.3) is 0 Å². The molecule has 132 valence electrons. The van der Waals surface area contributed by atoms with Crippen LogP contribution >= 0.6 is 12.6 Å². The highest BCUT2D eigenvalue weighted by molar-refractivity contribution is 7.80. The number of esters is 1. The SMILES string of the molecule is CC(C)(C)OC(=O)NC(CS)C(=O)OCc1ccc([N+](=O)[O-])cc1. The molecule has 0 aliphatic heterocycles. The third kappa shape index (κ3) is 6.86. The van der Waals surface area contributed by atoms with Crippen molar-refractivity contribution in [3.8, 4) is 0 Å². The Balaban J connectivity index is 2.55. The van der Waals surface area contributed by atoms with Gasteiger partial charge in [0.1, 0.15) is 18.2 Å². The first-order valence-corrected chi connectivity index (χ1v) is 7.76. The summed E-state index contributed by atoms with van der Waals surface area (Å²) in [5.41, 5.74) is -0.150. The highest BCUT2D eigenvalue weighted by Crippen LogP contribution is 2.13. The van der Waals surface area contributed by atoms with Crippen LogP contribution in [0, 0.1) is 10.1 Å². The lowest BCUT2D eigenvalue weighted by Gasteiger charge is -2.22. The minimum Gasteiger partial charge on any atom is -0.459 e. The summed E-state index contributed by atoms with van der Waals surface area (Å²) in [5.74, 6) is -0.632. The lowest BCUT2D eigenvalue weighted by molar-refractivity contribution is -0.384. The fourth-order valence-corrected chi connectivity index (χ4v) is 1.84. The zero-order valence-corrected chi connectivity index (χ0v) is 14.5. The maximum absolute atomic E-state index is 12.0. The molecule has 8 nitrogen and oxygen atoms in total. The van der Waals surface area contributed by atoms with Gasteiger partial charge in [-0.1, -0.05) is 0 Å². The van der Waals surface area contributed by atoms with Crippen LogP contribution < -0.4 is 5.32 Å². The first-order chi connectivity index (χ1) is 11.1. The van der Waals surface area contributed by atoms with E-state index in [0.29, 0.717) is 5.56 Å².